The van der Waals surface area contributed by atoms with Crippen molar-refractivity contribution in [2.24, 2.45) is 0 Å². The quantitative estimate of drug-likeness (QED) is 0.515. The van der Waals surface area contributed by atoms with E-state index in [4.69, 9.17) is 4.42 Å². The number of aliphatic carboxylic acids is 1. The van der Waals surface area contributed by atoms with Gasteiger partial charge in [-0.15, -0.1) is 11.3 Å². The van der Waals surface area contributed by atoms with Gasteiger partial charge in [0.1, 0.15) is 10.4 Å². The first-order chi connectivity index (χ1) is 10.1. The van der Waals surface area contributed by atoms with Crippen LogP contribution in [0.2, 0.25) is 0 Å². The molecule has 2 heterocycles. The van der Waals surface area contributed by atoms with Crippen molar-refractivity contribution >= 4 is 62.2 Å². The fourth-order valence-electron chi connectivity index (χ4n) is 1.66. The Hall–Kier alpha value is -1.57. The second-order valence-corrected chi connectivity index (χ2v) is 7.49. The van der Waals surface area contributed by atoms with E-state index in [1.54, 1.807) is 12.1 Å². The average molecular weight is 382 g/mol. The first-order valence-electron chi connectivity index (χ1n) is 5.85. The van der Waals surface area contributed by atoms with Crippen molar-refractivity contribution in [1.82, 2.24) is 4.98 Å². The van der Waals surface area contributed by atoms with Gasteiger partial charge in [0.05, 0.1) is 3.79 Å². The first-order valence-corrected chi connectivity index (χ1v) is 8.28. The third kappa shape index (κ3) is 3.37. The third-order valence-corrected chi connectivity index (χ3v) is 4.98. The highest BCUT2D eigenvalue weighted by molar-refractivity contribution is 9.11. The summed E-state index contributed by atoms with van der Waals surface area (Å²) < 4.78 is 6.48. The molecule has 0 spiro atoms. The van der Waals surface area contributed by atoms with E-state index in [2.05, 4.69) is 20.9 Å². The summed E-state index contributed by atoms with van der Waals surface area (Å²) in [7, 11) is 0. The van der Waals surface area contributed by atoms with Gasteiger partial charge >= 0.3 is 5.97 Å². The molecule has 0 saturated carbocycles. The first kappa shape index (κ1) is 14.4. The SMILES string of the molecule is O=C(O)/C(=C/c1ccc(Br)s1)Sc1nc2ccccc2o1. The molecule has 2 aromatic heterocycles. The number of benzene rings is 1. The number of fused-ring (bicyclic) bond motifs is 1. The zero-order valence-electron chi connectivity index (χ0n) is 10.4. The van der Waals surface area contributed by atoms with E-state index >= 15 is 0 Å². The Bertz CT molecular complexity index is 804. The Kier molecular flexibility index (Phi) is 4.14. The number of oxazole rings is 1. The van der Waals surface area contributed by atoms with Gasteiger partial charge in [0.25, 0.3) is 5.22 Å². The van der Waals surface area contributed by atoms with E-state index < -0.39 is 5.97 Å². The van der Waals surface area contributed by atoms with Crippen LogP contribution in [-0.2, 0) is 4.79 Å². The lowest BCUT2D eigenvalue weighted by Crippen LogP contribution is -1.96. The molecule has 0 aliphatic heterocycles. The molecule has 0 saturated heterocycles. The zero-order chi connectivity index (χ0) is 14.8. The van der Waals surface area contributed by atoms with Crippen LogP contribution in [0.15, 0.2) is 54.7 Å². The molecule has 0 amide bonds. The topological polar surface area (TPSA) is 63.3 Å². The molecule has 1 N–H and O–H groups in total. The normalized spacial score (nSPS) is 12.0. The number of nitrogens with zero attached hydrogens (tertiary/aromatic N) is 1. The summed E-state index contributed by atoms with van der Waals surface area (Å²) in [4.78, 5) is 16.6. The van der Waals surface area contributed by atoms with Gasteiger partial charge < -0.3 is 9.52 Å². The number of thioether (sulfide) groups is 1. The molecule has 106 valence electrons. The fourth-order valence-corrected chi connectivity index (χ4v) is 3.84. The number of carboxylic acid groups (broad SMARTS) is 1. The van der Waals surface area contributed by atoms with Crippen LogP contribution in [-0.4, -0.2) is 16.1 Å². The summed E-state index contributed by atoms with van der Waals surface area (Å²) in [6.07, 6.45) is 1.61. The number of rotatable bonds is 4. The molecule has 0 unspecified atom stereocenters. The summed E-state index contributed by atoms with van der Waals surface area (Å²) in [6, 6.07) is 11.1. The Morgan fingerprint density at radius 2 is 2.14 bits per heavy atom. The summed E-state index contributed by atoms with van der Waals surface area (Å²) in [5.74, 6) is -1.01. The molecule has 0 fully saturated rings. The molecule has 4 nitrogen and oxygen atoms in total. The zero-order valence-corrected chi connectivity index (χ0v) is 13.7. The molecule has 3 rings (SSSR count). The number of aromatic nitrogens is 1. The van der Waals surface area contributed by atoms with E-state index in [1.807, 2.05) is 30.3 Å². The smallest absolute Gasteiger partial charge is 0.342 e. The van der Waals surface area contributed by atoms with E-state index in [9.17, 15) is 9.90 Å². The van der Waals surface area contributed by atoms with Crippen LogP contribution in [0.5, 0.6) is 0 Å². The second kappa shape index (κ2) is 6.05. The van der Waals surface area contributed by atoms with Crippen molar-refractivity contribution in [3.8, 4) is 0 Å². The second-order valence-electron chi connectivity index (χ2n) is 4.01. The summed E-state index contributed by atoms with van der Waals surface area (Å²) in [5, 5.41) is 9.63. The predicted octanol–water partition coefficient (Wildman–Crippen LogP) is 4.87. The largest absolute Gasteiger partial charge is 0.477 e. The average Bonchev–Trinajstić information content (AvgIpc) is 3.03. The fraction of sp³-hybridized carbons (Fsp3) is 0. The van der Waals surface area contributed by atoms with Crippen molar-refractivity contribution in [2.75, 3.05) is 0 Å². The van der Waals surface area contributed by atoms with E-state index in [0.29, 0.717) is 16.3 Å². The minimum Gasteiger partial charge on any atom is -0.477 e. The number of hydrogen-bond donors (Lipinski definition) is 1. The monoisotopic (exact) mass is 381 g/mol. The van der Waals surface area contributed by atoms with Gasteiger partial charge in [-0.25, -0.2) is 9.78 Å². The Morgan fingerprint density at radius 1 is 1.33 bits per heavy atom. The van der Waals surface area contributed by atoms with Gasteiger partial charge in [-0.05, 0) is 58.0 Å². The molecular formula is C14H8BrNO3S2. The molecule has 0 aliphatic rings. The molecule has 1 aromatic carbocycles. The highest BCUT2D eigenvalue weighted by Crippen LogP contribution is 2.32. The van der Waals surface area contributed by atoms with Crippen LogP contribution in [0.3, 0.4) is 0 Å². The maximum Gasteiger partial charge on any atom is 0.342 e. The molecule has 3 aromatic rings. The van der Waals surface area contributed by atoms with Crippen molar-refractivity contribution in [3.63, 3.8) is 0 Å². The lowest BCUT2D eigenvalue weighted by molar-refractivity contribution is -0.131. The number of carboxylic acids is 1. The van der Waals surface area contributed by atoms with Crippen molar-refractivity contribution in [1.29, 1.82) is 0 Å². The van der Waals surface area contributed by atoms with Gasteiger partial charge in [0, 0.05) is 4.88 Å². The van der Waals surface area contributed by atoms with Gasteiger partial charge in [-0.3, -0.25) is 0 Å². The number of halogens is 1. The Labute approximate surface area is 136 Å². The van der Waals surface area contributed by atoms with Crippen LogP contribution in [0.1, 0.15) is 4.88 Å². The highest BCUT2D eigenvalue weighted by atomic mass is 79.9. The van der Waals surface area contributed by atoms with E-state index in [-0.39, 0.29) is 4.91 Å². The van der Waals surface area contributed by atoms with Gasteiger partial charge in [0.15, 0.2) is 5.58 Å². The molecule has 0 atom stereocenters. The molecule has 21 heavy (non-hydrogen) atoms. The van der Waals surface area contributed by atoms with Crippen LogP contribution >= 0.6 is 39.0 Å². The number of thiophene rings is 1. The third-order valence-electron chi connectivity index (χ3n) is 2.55. The van der Waals surface area contributed by atoms with Crippen LogP contribution in [0.4, 0.5) is 0 Å². The Balaban J connectivity index is 1.91. The van der Waals surface area contributed by atoms with Crippen molar-refractivity contribution < 1.29 is 14.3 Å². The van der Waals surface area contributed by atoms with Crippen molar-refractivity contribution in [3.05, 3.63) is 50.0 Å². The van der Waals surface area contributed by atoms with Gasteiger partial charge in [0.2, 0.25) is 0 Å². The predicted molar refractivity (Wildman–Crippen MR) is 87.5 cm³/mol. The van der Waals surface area contributed by atoms with Crippen LogP contribution in [0, 0.1) is 0 Å². The lowest BCUT2D eigenvalue weighted by Gasteiger charge is -1.97. The summed E-state index contributed by atoms with van der Waals surface area (Å²) in [5.41, 5.74) is 1.35. The summed E-state index contributed by atoms with van der Waals surface area (Å²) in [6.45, 7) is 0. The molecular weight excluding hydrogens is 374 g/mol. The Morgan fingerprint density at radius 3 is 2.81 bits per heavy atom. The molecule has 0 radical (unpaired) electrons. The molecule has 0 bridgehead atoms. The van der Waals surface area contributed by atoms with Crippen LogP contribution < -0.4 is 0 Å². The highest BCUT2D eigenvalue weighted by Gasteiger charge is 2.15. The number of hydrogen-bond acceptors (Lipinski definition) is 5. The number of carbonyl (C=O) groups is 1. The molecule has 0 aliphatic carbocycles. The number of para-hydroxylation sites is 2. The maximum absolute atomic E-state index is 11.4. The van der Waals surface area contributed by atoms with E-state index in [0.717, 1.165) is 20.4 Å². The summed E-state index contributed by atoms with van der Waals surface area (Å²) >= 11 is 5.82. The van der Waals surface area contributed by atoms with E-state index in [1.165, 1.54) is 11.3 Å². The minimum absolute atomic E-state index is 0.163. The van der Waals surface area contributed by atoms with Crippen LogP contribution in [0.25, 0.3) is 17.2 Å². The molecule has 7 heteroatoms. The van der Waals surface area contributed by atoms with Crippen molar-refractivity contribution in [2.45, 2.75) is 5.22 Å². The van der Waals surface area contributed by atoms with Gasteiger partial charge in [-0.1, -0.05) is 12.1 Å². The standard InChI is InChI=1S/C14H8BrNO3S2/c15-12-6-5-8(20-12)7-11(13(17)18)21-14-16-9-3-1-2-4-10(9)19-14/h1-7H,(H,17,18)/b11-7-. The van der Waals surface area contributed by atoms with Gasteiger partial charge in [-0.2, -0.15) is 0 Å². The maximum atomic E-state index is 11.4. The lowest BCUT2D eigenvalue weighted by atomic mass is 10.3. The minimum atomic E-state index is -1.01.